The van der Waals surface area contributed by atoms with Gasteiger partial charge in [-0.2, -0.15) is 0 Å². The molecule has 2 rings (SSSR count). The van der Waals surface area contributed by atoms with Crippen LogP contribution >= 0.6 is 15.9 Å². The molecule has 1 aliphatic carbocycles. The minimum absolute atomic E-state index is 0.187. The van der Waals surface area contributed by atoms with Gasteiger partial charge in [-0.3, -0.25) is 4.79 Å². The van der Waals surface area contributed by atoms with Gasteiger partial charge in [-0.05, 0) is 61.4 Å². The van der Waals surface area contributed by atoms with Crippen LogP contribution in [0, 0.1) is 6.92 Å². The van der Waals surface area contributed by atoms with Crippen LogP contribution < -0.4 is 0 Å². The van der Waals surface area contributed by atoms with Crippen LogP contribution in [0.15, 0.2) is 12.1 Å². The fourth-order valence-corrected chi connectivity index (χ4v) is 2.65. The molecule has 15 heavy (non-hydrogen) atoms. The van der Waals surface area contributed by atoms with E-state index in [2.05, 4.69) is 28.9 Å². The number of hydrogen-bond donors (Lipinski definition) is 0. The highest BCUT2D eigenvalue weighted by Crippen LogP contribution is 2.26. The molecule has 0 heterocycles. The zero-order chi connectivity index (χ0) is 10.8. The number of fused-ring (bicyclic) bond motifs is 1. The molecule has 0 amide bonds. The Morgan fingerprint density at radius 1 is 1.33 bits per heavy atom. The predicted molar refractivity (Wildman–Crippen MR) is 65.9 cm³/mol. The molecule has 0 spiro atoms. The molecule has 0 N–H and O–H groups in total. The molecule has 80 valence electrons. The molecule has 1 aliphatic rings. The van der Waals surface area contributed by atoms with Gasteiger partial charge in [0.1, 0.15) is 0 Å². The summed E-state index contributed by atoms with van der Waals surface area (Å²) in [5, 5.41) is 0.422. The van der Waals surface area contributed by atoms with E-state index >= 15 is 0 Å². The first-order valence-electron chi connectivity index (χ1n) is 5.44. The number of alkyl halides is 1. The first kappa shape index (κ1) is 10.9. The van der Waals surface area contributed by atoms with E-state index in [0.717, 1.165) is 12.0 Å². The Hall–Kier alpha value is -0.630. The Morgan fingerprint density at radius 3 is 2.80 bits per heavy atom. The van der Waals surface area contributed by atoms with Gasteiger partial charge in [-0.1, -0.05) is 15.9 Å². The van der Waals surface area contributed by atoms with E-state index in [9.17, 15) is 4.79 Å². The lowest BCUT2D eigenvalue weighted by atomic mass is 9.86. The minimum Gasteiger partial charge on any atom is -0.293 e. The van der Waals surface area contributed by atoms with Gasteiger partial charge < -0.3 is 0 Å². The van der Waals surface area contributed by atoms with E-state index < -0.39 is 0 Å². The maximum atomic E-state index is 11.6. The molecule has 1 nitrogen and oxygen atoms in total. The summed E-state index contributed by atoms with van der Waals surface area (Å²) in [7, 11) is 0. The third-order valence-electron chi connectivity index (χ3n) is 3.13. The van der Waals surface area contributed by atoms with Crippen LogP contribution in [0.2, 0.25) is 0 Å². The average molecular weight is 267 g/mol. The molecular weight excluding hydrogens is 252 g/mol. The lowest BCUT2D eigenvalue weighted by molar-refractivity contribution is 0.102. The second-order valence-corrected chi connectivity index (χ2v) is 4.76. The summed E-state index contributed by atoms with van der Waals surface area (Å²) in [6, 6.07) is 4.12. The Labute approximate surface area is 99.0 Å². The highest BCUT2D eigenvalue weighted by Gasteiger charge is 2.14. The van der Waals surface area contributed by atoms with Crippen molar-refractivity contribution in [2.24, 2.45) is 0 Å². The highest BCUT2D eigenvalue weighted by atomic mass is 79.9. The number of ketones is 1. The van der Waals surface area contributed by atoms with E-state index in [0.29, 0.717) is 5.33 Å². The van der Waals surface area contributed by atoms with E-state index in [4.69, 9.17) is 0 Å². The van der Waals surface area contributed by atoms with Crippen molar-refractivity contribution in [3.8, 4) is 0 Å². The van der Waals surface area contributed by atoms with Crippen molar-refractivity contribution in [1.29, 1.82) is 0 Å². The predicted octanol–water partition coefficient (Wildman–Crippen LogP) is 3.45. The standard InChI is InChI=1S/C13H15BrO/c1-9-6-11(13(15)8-14)7-10-4-2-3-5-12(9)10/h6-7H,2-5,8H2,1H3. The maximum Gasteiger partial charge on any atom is 0.173 e. The quantitative estimate of drug-likeness (QED) is 0.592. The normalized spacial score (nSPS) is 14.8. The average Bonchev–Trinajstić information content (AvgIpc) is 2.28. The van der Waals surface area contributed by atoms with E-state index in [1.54, 1.807) is 0 Å². The van der Waals surface area contributed by atoms with Gasteiger partial charge in [-0.15, -0.1) is 0 Å². The minimum atomic E-state index is 0.187. The molecule has 2 heteroatoms. The molecule has 0 unspecified atom stereocenters. The van der Waals surface area contributed by atoms with Gasteiger partial charge in [0.15, 0.2) is 5.78 Å². The Kier molecular flexibility index (Phi) is 3.25. The molecule has 1 aromatic carbocycles. The lowest BCUT2D eigenvalue weighted by Crippen LogP contribution is -2.09. The van der Waals surface area contributed by atoms with Gasteiger partial charge in [0.05, 0.1) is 5.33 Å². The number of benzene rings is 1. The fraction of sp³-hybridized carbons (Fsp3) is 0.462. The summed E-state index contributed by atoms with van der Waals surface area (Å²) in [6.45, 7) is 2.12. The lowest BCUT2D eigenvalue weighted by Gasteiger charge is -2.19. The molecule has 0 fully saturated rings. The number of halogens is 1. The zero-order valence-corrected chi connectivity index (χ0v) is 10.6. The third kappa shape index (κ3) is 2.15. The summed E-state index contributed by atoms with van der Waals surface area (Å²) in [6.07, 6.45) is 4.88. The van der Waals surface area contributed by atoms with Crippen molar-refractivity contribution < 1.29 is 4.79 Å². The van der Waals surface area contributed by atoms with Crippen molar-refractivity contribution in [3.05, 3.63) is 34.4 Å². The number of aryl methyl sites for hydroxylation is 2. The van der Waals surface area contributed by atoms with Crippen LogP contribution in [0.25, 0.3) is 0 Å². The van der Waals surface area contributed by atoms with Crippen LogP contribution in [-0.2, 0) is 12.8 Å². The smallest absolute Gasteiger partial charge is 0.173 e. The molecule has 1 aromatic rings. The van der Waals surface area contributed by atoms with Gasteiger partial charge in [0.2, 0.25) is 0 Å². The molecular formula is C13H15BrO. The summed E-state index contributed by atoms with van der Waals surface area (Å²) in [4.78, 5) is 11.6. The Balaban J connectivity index is 2.45. The first-order valence-corrected chi connectivity index (χ1v) is 6.56. The number of Topliss-reactive ketones (excluding diaryl/α,β-unsaturated/α-hetero) is 1. The molecule has 0 atom stereocenters. The summed E-state index contributed by atoms with van der Waals surface area (Å²) < 4.78 is 0. The summed E-state index contributed by atoms with van der Waals surface area (Å²) in [5.41, 5.74) is 5.03. The monoisotopic (exact) mass is 266 g/mol. The Bertz CT molecular complexity index is 396. The van der Waals surface area contributed by atoms with E-state index in [1.165, 1.54) is 36.0 Å². The zero-order valence-electron chi connectivity index (χ0n) is 8.98. The highest BCUT2D eigenvalue weighted by molar-refractivity contribution is 9.09. The van der Waals surface area contributed by atoms with Crippen molar-refractivity contribution in [1.82, 2.24) is 0 Å². The van der Waals surface area contributed by atoms with Crippen molar-refractivity contribution in [3.63, 3.8) is 0 Å². The SMILES string of the molecule is Cc1cc(C(=O)CBr)cc2c1CCCC2. The Morgan fingerprint density at radius 2 is 2.07 bits per heavy atom. The van der Waals surface area contributed by atoms with E-state index in [1.807, 2.05) is 6.07 Å². The second-order valence-electron chi connectivity index (χ2n) is 4.19. The third-order valence-corrected chi connectivity index (χ3v) is 3.64. The van der Waals surface area contributed by atoms with E-state index in [-0.39, 0.29) is 5.78 Å². The molecule has 0 bridgehead atoms. The van der Waals surface area contributed by atoms with Crippen LogP contribution in [0.3, 0.4) is 0 Å². The van der Waals surface area contributed by atoms with Crippen LogP contribution in [0.5, 0.6) is 0 Å². The van der Waals surface area contributed by atoms with Crippen molar-refractivity contribution in [2.75, 3.05) is 5.33 Å². The molecule has 0 aromatic heterocycles. The number of rotatable bonds is 2. The topological polar surface area (TPSA) is 17.1 Å². The summed E-state index contributed by atoms with van der Waals surface area (Å²) >= 11 is 3.22. The molecule has 0 radical (unpaired) electrons. The van der Waals surface area contributed by atoms with Gasteiger partial charge in [0, 0.05) is 5.56 Å². The number of carbonyl (C=O) groups excluding carboxylic acids is 1. The number of carbonyl (C=O) groups is 1. The molecule has 0 saturated heterocycles. The van der Waals surface area contributed by atoms with Crippen LogP contribution in [-0.4, -0.2) is 11.1 Å². The van der Waals surface area contributed by atoms with Gasteiger partial charge in [0.25, 0.3) is 0 Å². The van der Waals surface area contributed by atoms with Crippen molar-refractivity contribution in [2.45, 2.75) is 32.6 Å². The van der Waals surface area contributed by atoms with Crippen molar-refractivity contribution >= 4 is 21.7 Å². The maximum absolute atomic E-state index is 11.6. The van der Waals surface area contributed by atoms with Gasteiger partial charge >= 0.3 is 0 Å². The fourth-order valence-electron chi connectivity index (χ4n) is 2.33. The summed E-state index contributed by atoms with van der Waals surface area (Å²) in [5.74, 6) is 0.187. The first-order chi connectivity index (χ1) is 7.22. The van der Waals surface area contributed by atoms with Crippen LogP contribution in [0.4, 0.5) is 0 Å². The molecule has 0 aliphatic heterocycles. The van der Waals surface area contributed by atoms with Gasteiger partial charge in [-0.25, -0.2) is 0 Å². The molecule has 0 saturated carbocycles. The second kappa shape index (κ2) is 4.48. The largest absolute Gasteiger partial charge is 0.293 e. The number of hydrogen-bond acceptors (Lipinski definition) is 1. The van der Waals surface area contributed by atoms with Crippen LogP contribution in [0.1, 0.15) is 39.9 Å².